The van der Waals surface area contributed by atoms with Crippen molar-refractivity contribution in [2.75, 3.05) is 13.2 Å². The number of amides is 1. The van der Waals surface area contributed by atoms with Gasteiger partial charge in [-0.05, 0) is 34.1 Å². The van der Waals surface area contributed by atoms with Crippen molar-refractivity contribution in [1.29, 1.82) is 0 Å². The average molecular weight is 217 g/mol. The fourth-order valence-electron chi connectivity index (χ4n) is 1.14. The molecule has 0 saturated carbocycles. The van der Waals surface area contributed by atoms with Gasteiger partial charge in [0.1, 0.15) is 5.60 Å². The maximum atomic E-state index is 11.7. The lowest BCUT2D eigenvalue weighted by Crippen LogP contribution is -2.43. The largest absolute Gasteiger partial charge is 0.444 e. The molecule has 1 amide bonds. The van der Waals surface area contributed by atoms with E-state index in [0.717, 1.165) is 6.42 Å². The highest BCUT2D eigenvalue weighted by molar-refractivity contribution is 5.68. The van der Waals surface area contributed by atoms with Crippen molar-refractivity contribution in [3.05, 3.63) is 0 Å². The number of ether oxygens (including phenoxy) is 1. The van der Waals surface area contributed by atoms with Crippen molar-refractivity contribution < 1.29 is 14.6 Å². The van der Waals surface area contributed by atoms with E-state index >= 15 is 0 Å². The van der Waals surface area contributed by atoms with Gasteiger partial charge in [-0.15, -0.1) is 0 Å². The van der Waals surface area contributed by atoms with E-state index in [1.807, 2.05) is 34.6 Å². The van der Waals surface area contributed by atoms with Crippen LogP contribution >= 0.6 is 0 Å². The van der Waals surface area contributed by atoms with Crippen LogP contribution in [0, 0.1) is 0 Å². The van der Waals surface area contributed by atoms with Gasteiger partial charge in [-0.25, -0.2) is 4.79 Å². The molecule has 1 unspecified atom stereocenters. The van der Waals surface area contributed by atoms with Gasteiger partial charge in [0.2, 0.25) is 0 Å². The van der Waals surface area contributed by atoms with Crippen LogP contribution in [0.1, 0.15) is 41.0 Å². The van der Waals surface area contributed by atoms with E-state index in [4.69, 9.17) is 9.84 Å². The van der Waals surface area contributed by atoms with Crippen LogP contribution in [0.5, 0.6) is 0 Å². The summed E-state index contributed by atoms with van der Waals surface area (Å²) >= 11 is 0. The Kier molecular flexibility index (Phi) is 5.65. The molecule has 0 aliphatic heterocycles. The normalized spacial score (nSPS) is 13.5. The molecule has 1 N–H and O–H groups in total. The number of hydrogen-bond donors (Lipinski definition) is 1. The van der Waals surface area contributed by atoms with Crippen LogP contribution in [-0.4, -0.2) is 40.9 Å². The summed E-state index contributed by atoms with van der Waals surface area (Å²) in [5.41, 5.74) is -0.488. The molecule has 0 bridgehead atoms. The SMILES string of the molecule is CCC(C)N(CCO)C(=O)OC(C)(C)C. The van der Waals surface area contributed by atoms with Crippen LogP contribution in [-0.2, 0) is 4.74 Å². The Hall–Kier alpha value is -0.770. The van der Waals surface area contributed by atoms with Gasteiger partial charge in [0.05, 0.1) is 6.61 Å². The molecule has 0 saturated heterocycles. The molecule has 0 aromatic rings. The highest BCUT2D eigenvalue weighted by Crippen LogP contribution is 2.12. The molecule has 90 valence electrons. The summed E-state index contributed by atoms with van der Waals surface area (Å²) < 4.78 is 5.25. The predicted molar refractivity (Wildman–Crippen MR) is 59.8 cm³/mol. The fourth-order valence-corrected chi connectivity index (χ4v) is 1.14. The van der Waals surface area contributed by atoms with E-state index in [2.05, 4.69) is 0 Å². The Bertz CT molecular complexity index is 198. The topological polar surface area (TPSA) is 49.8 Å². The van der Waals surface area contributed by atoms with Gasteiger partial charge in [-0.3, -0.25) is 0 Å². The van der Waals surface area contributed by atoms with Gasteiger partial charge in [-0.2, -0.15) is 0 Å². The zero-order chi connectivity index (χ0) is 12.1. The quantitative estimate of drug-likeness (QED) is 0.783. The lowest BCUT2D eigenvalue weighted by Gasteiger charge is -2.30. The molecule has 0 aromatic heterocycles. The third kappa shape index (κ3) is 5.62. The Morgan fingerprint density at radius 1 is 1.47 bits per heavy atom. The van der Waals surface area contributed by atoms with Crippen molar-refractivity contribution in [2.45, 2.75) is 52.7 Å². The summed E-state index contributed by atoms with van der Waals surface area (Å²) in [4.78, 5) is 13.3. The van der Waals surface area contributed by atoms with Crippen LogP contribution in [0.3, 0.4) is 0 Å². The molecule has 0 aromatic carbocycles. The second-order valence-corrected chi connectivity index (χ2v) is 4.65. The first kappa shape index (κ1) is 14.2. The van der Waals surface area contributed by atoms with Crippen molar-refractivity contribution in [2.24, 2.45) is 0 Å². The van der Waals surface area contributed by atoms with Gasteiger partial charge < -0.3 is 14.7 Å². The Labute approximate surface area is 92.2 Å². The summed E-state index contributed by atoms with van der Waals surface area (Å²) in [6.07, 6.45) is 0.491. The van der Waals surface area contributed by atoms with E-state index in [1.54, 1.807) is 4.90 Å². The summed E-state index contributed by atoms with van der Waals surface area (Å²) in [7, 11) is 0. The highest BCUT2D eigenvalue weighted by Gasteiger charge is 2.24. The van der Waals surface area contributed by atoms with Crippen LogP contribution in [0.4, 0.5) is 4.79 Å². The van der Waals surface area contributed by atoms with E-state index in [-0.39, 0.29) is 18.7 Å². The standard InChI is InChI=1S/C11H23NO3/c1-6-9(2)12(7-8-13)10(14)15-11(3,4)5/h9,13H,6-8H2,1-5H3. The van der Waals surface area contributed by atoms with Crippen LogP contribution in [0.15, 0.2) is 0 Å². The first-order valence-electron chi connectivity index (χ1n) is 5.42. The molecule has 0 aliphatic carbocycles. The van der Waals surface area contributed by atoms with Crippen molar-refractivity contribution in [1.82, 2.24) is 4.90 Å². The summed E-state index contributed by atoms with van der Waals surface area (Å²) in [6, 6.07) is 0.0898. The second-order valence-electron chi connectivity index (χ2n) is 4.65. The van der Waals surface area contributed by atoms with E-state index in [9.17, 15) is 4.79 Å². The average Bonchev–Trinajstić information content (AvgIpc) is 2.10. The van der Waals surface area contributed by atoms with Gasteiger partial charge in [0, 0.05) is 12.6 Å². The number of rotatable bonds is 4. The summed E-state index contributed by atoms with van der Waals surface area (Å²) in [6.45, 7) is 9.72. The lowest BCUT2D eigenvalue weighted by molar-refractivity contribution is 0.0136. The first-order valence-corrected chi connectivity index (χ1v) is 5.42. The fraction of sp³-hybridized carbons (Fsp3) is 0.909. The predicted octanol–water partition coefficient (Wildman–Crippen LogP) is 2.01. The van der Waals surface area contributed by atoms with E-state index < -0.39 is 5.60 Å². The maximum Gasteiger partial charge on any atom is 0.410 e. The van der Waals surface area contributed by atoms with Crippen LogP contribution < -0.4 is 0 Å². The Morgan fingerprint density at radius 3 is 2.33 bits per heavy atom. The third-order valence-corrected chi connectivity index (χ3v) is 2.09. The number of nitrogens with zero attached hydrogens (tertiary/aromatic N) is 1. The molecular weight excluding hydrogens is 194 g/mol. The molecule has 4 heteroatoms. The Balaban J connectivity index is 4.42. The molecular formula is C11H23NO3. The molecule has 0 spiro atoms. The Morgan fingerprint density at radius 2 is 2.00 bits per heavy atom. The van der Waals surface area contributed by atoms with Crippen molar-refractivity contribution in [3.8, 4) is 0 Å². The van der Waals surface area contributed by atoms with Crippen molar-refractivity contribution in [3.63, 3.8) is 0 Å². The molecule has 0 heterocycles. The third-order valence-electron chi connectivity index (χ3n) is 2.09. The van der Waals surface area contributed by atoms with Gasteiger partial charge in [0.25, 0.3) is 0 Å². The first-order chi connectivity index (χ1) is 6.81. The molecule has 0 rings (SSSR count). The minimum Gasteiger partial charge on any atom is -0.444 e. The number of aliphatic hydroxyl groups is 1. The minimum atomic E-state index is -0.488. The number of aliphatic hydroxyl groups excluding tert-OH is 1. The van der Waals surface area contributed by atoms with Gasteiger partial charge in [0.15, 0.2) is 0 Å². The maximum absolute atomic E-state index is 11.7. The minimum absolute atomic E-state index is 0.0381. The molecule has 0 aliphatic rings. The highest BCUT2D eigenvalue weighted by atomic mass is 16.6. The van der Waals surface area contributed by atoms with E-state index in [1.165, 1.54) is 0 Å². The molecule has 0 radical (unpaired) electrons. The van der Waals surface area contributed by atoms with Crippen LogP contribution in [0.2, 0.25) is 0 Å². The lowest BCUT2D eigenvalue weighted by atomic mass is 10.2. The molecule has 15 heavy (non-hydrogen) atoms. The zero-order valence-corrected chi connectivity index (χ0v) is 10.4. The zero-order valence-electron chi connectivity index (χ0n) is 10.4. The van der Waals surface area contributed by atoms with Gasteiger partial charge in [-0.1, -0.05) is 6.92 Å². The number of carbonyl (C=O) groups excluding carboxylic acids is 1. The van der Waals surface area contributed by atoms with Crippen LogP contribution in [0.25, 0.3) is 0 Å². The van der Waals surface area contributed by atoms with Crippen molar-refractivity contribution >= 4 is 6.09 Å². The number of carbonyl (C=O) groups is 1. The second kappa shape index (κ2) is 5.95. The smallest absolute Gasteiger partial charge is 0.410 e. The summed E-state index contributed by atoms with van der Waals surface area (Å²) in [5.74, 6) is 0. The molecule has 1 atom stereocenters. The summed E-state index contributed by atoms with van der Waals surface area (Å²) in [5, 5.41) is 8.88. The molecule has 0 fully saturated rings. The monoisotopic (exact) mass is 217 g/mol. The number of hydrogen-bond acceptors (Lipinski definition) is 3. The van der Waals surface area contributed by atoms with E-state index in [0.29, 0.717) is 6.54 Å². The van der Waals surface area contributed by atoms with Gasteiger partial charge >= 0.3 is 6.09 Å². The molecule has 4 nitrogen and oxygen atoms in total.